The Kier molecular flexibility index (Phi) is 4.84. The van der Waals surface area contributed by atoms with E-state index < -0.39 is 0 Å². The van der Waals surface area contributed by atoms with Crippen LogP contribution in [0.15, 0.2) is 42.5 Å². The second kappa shape index (κ2) is 6.61. The Labute approximate surface area is 124 Å². The molecule has 0 heterocycles. The lowest BCUT2D eigenvalue weighted by Crippen LogP contribution is -2.10. The molecule has 0 spiro atoms. The van der Waals surface area contributed by atoms with Crippen LogP contribution in [0.1, 0.15) is 49.7 Å². The normalized spacial score (nSPS) is 13.9. The smallest absolute Gasteiger partial charge is 0.157 e. The molecule has 2 aromatic rings. The molecule has 2 N–H and O–H groups in total. The number of phenolic OH excluding ortho intramolecular Hbond substituents is 2. The van der Waals surface area contributed by atoms with Crippen molar-refractivity contribution in [2.75, 3.05) is 0 Å². The fourth-order valence-electron chi connectivity index (χ4n) is 2.99. The second-order valence-corrected chi connectivity index (χ2v) is 5.33. The summed E-state index contributed by atoms with van der Waals surface area (Å²) in [5, 5.41) is 19.2. The van der Waals surface area contributed by atoms with Gasteiger partial charge in [0.25, 0.3) is 0 Å². The van der Waals surface area contributed by atoms with E-state index in [1.807, 2.05) is 18.2 Å². The van der Waals surface area contributed by atoms with Gasteiger partial charge in [-0.3, -0.25) is 0 Å². The van der Waals surface area contributed by atoms with Crippen LogP contribution >= 0.6 is 0 Å². The maximum absolute atomic E-state index is 13.1. The molecule has 2 aromatic carbocycles. The molecule has 112 valence electrons. The first-order valence-corrected chi connectivity index (χ1v) is 7.34. The summed E-state index contributed by atoms with van der Waals surface area (Å²) in [5.74, 6) is 0.0266. The molecule has 2 nitrogen and oxygen atoms in total. The second-order valence-electron chi connectivity index (χ2n) is 5.33. The quantitative estimate of drug-likeness (QED) is 0.766. The van der Waals surface area contributed by atoms with Gasteiger partial charge >= 0.3 is 0 Å². The average Bonchev–Trinajstić information content (AvgIpc) is 2.49. The highest BCUT2D eigenvalue weighted by molar-refractivity contribution is 5.42. The van der Waals surface area contributed by atoms with E-state index in [9.17, 15) is 14.6 Å². The lowest BCUT2D eigenvalue weighted by molar-refractivity contribution is 0.401. The minimum atomic E-state index is -0.232. The van der Waals surface area contributed by atoms with Crippen LogP contribution in [0, 0.1) is 5.82 Å². The maximum atomic E-state index is 13.1. The molecular formula is C18H21FO2. The lowest BCUT2D eigenvalue weighted by Gasteiger charge is -2.26. The van der Waals surface area contributed by atoms with Gasteiger partial charge in [-0.15, -0.1) is 0 Å². The Hall–Kier alpha value is -2.03. The van der Waals surface area contributed by atoms with Crippen LogP contribution in [-0.2, 0) is 0 Å². The van der Waals surface area contributed by atoms with Crippen LogP contribution in [-0.4, -0.2) is 10.2 Å². The zero-order chi connectivity index (χ0) is 15.4. The van der Waals surface area contributed by atoms with Gasteiger partial charge in [-0.1, -0.05) is 32.0 Å². The Morgan fingerprint density at radius 1 is 0.810 bits per heavy atom. The van der Waals surface area contributed by atoms with E-state index in [1.54, 1.807) is 6.07 Å². The fourth-order valence-corrected chi connectivity index (χ4v) is 2.99. The molecule has 0 unspecified atom stereocenters. The number of halogens is 1. The van der Waals surface area contributed by atoms with Crippen LogP contribution in [0.3, 0.4) is 0 Å². The van der Waals surface area contributed by atoms with E-state index in [4.69, 9.17) is 0 Å². The molecule has 0 saturated carbocycles. The van der Waals surface area contributed by atoms with Crippen molar-refractivity contribution >= 4 is 0 Å². The van der Waals surface area contributed by atoms with Crippen molar-refractivity contribution in [3.63, 3.8) is 0 Å². The third-order valence-corrected chi connectivity index (χ3v) is 4.09. The van der Waals surface area contributed by atoms with E-state index in [0.29, 0.717) is 0 Å². The molecule has 21 heavy (non-hydrogen) atoms. The highest BCUT2D eigenvalue weighted by Crippen LogP contribution is 2.40. The van der Waals surface area contributed by atoms with Crippen molar-refractivity contribution in [1.82, 2.24) is 0 Å². The SMILES string of the molecule is CC[C@H](c1ccc(F)cc1)[C@@H](CC)c1ccc(O)c(O)c1. The number of phenols is 2. The molecular weight excluding hydrogens is 267 g/mol. The molecule has 0 aromatic heterocycles. The van der Waals surface area contributed by atoms with Crippen LogP contribution in [0.5, 0.6) is 11.5 Å². The first kappa shape index (κ1) is 15.4. The van der Waals surface area contributed by atoms with Crippen molar-refractivity contribution in [1.29, 1.82) is 0 Å². The van der Waals surface area contributed by atoms with Gasteiger partial charge in [0.05, 0.1) is 0 Å². The summed E-state index contributed by atoms with van der Waals surface area (Å²) in [6.45, 7) is 4.21. The third kappa shape index (κ3) is 3.35. The number of benzene rings is 2. The monoisotopic (exact) mass is 288 g/mol. The summed E-state index contributed by atoms with van der Waals surface area (Å²) < 4.78 is 13.1. The van der Waals surface area contributed by atoms with Gasteiger partial charge in [-0.05, 0) is 60.1 Å². The molecule has 0 aliphatic heterocycles. The van der Waals surface area contributed by atoms with Crippen LogP contribution in [0.25, 0.3) is 0 Å². The Morgan fingerprint density at radius 3 is 1.86 bits per heavy atom. The molecule has 0 fully saturated rings. The standard InChI is InChI=1S/C18H21FO2/c1-3-15(12-5-8-14(19)9-6-12)16(4-2)13-7-10-17(20)18(21)11-13/h5-11,15-16,20-21H,3-4H2,1-2H3/t15-,16+/m1/s1. The van der Waals surface area contributed by atoms with Gasteiger partial charge in [-0.2, -0.15) is 0 Å². The van der Waals surface area contributed by atoms with Gasteiger partial charge < -0.3 is 10.2 Å². The van der Waals surface area contributed by atoms with Gasteiger partial charge in [-0.25, -0.2) is 4.39 Å². The third-order valence-electron chi connectivity index (χ3n) is 4.09. The van der Waals surface area contributed by atoms with E-state index in [-0.39, 0.29) is 29.2 Å². The predicted molar refractivity (Wildman–Crippen MR) is 82.2 cm³/mol. The molecule has 2 rings (SSSR count). The molecule has 2 atom stereocenters. The van der Waals surface area contributed by atoms with Crippen molar-refractivity contribution in [3.8, 4) is 11.5 Å². The van der Waals surface area contributed by atoms with Gasteiger partial charge in [0.2, 0.25) is 0 Å². The fraction of sp³-hybridized carbons (Fsp3) is 0.333. The Bertz CT molecular complexity index is 593. The van der Waals surface area contributed by atoms with Crippen molar-refractivity contribution in [2.24, 2.45) is 0 Å². The zero-order valence-corrected chi connectivity index (χ0v) is 12.4. The highest BCUT2D eigenvalue weighted by atomic mass is 19.1. The van der Waals surface area contributed by atoms with Gasteiger partial charge in [0, 0.05) is 0 Å². The minimum absolute atomic E-state index is 0.0973. The van der Waals surface area contributed by atoms with Gasteiger partial charge in [0.15, 0.2) is 11.5 Å². The number of hydrogen-bond donors (Lipinski definition) is 2. The highest BCUT2D eigenvalue weighted by Gasteiger charge is 2.22. The summed E-state index contributed by atoms with van der Waals surface area (Å²) in [4.78, 5) is 0. The lowest BCUT2D eigenvalue weighted by atomic mass is 9.78. The first-order valence-electron chi connectivity index (χ1n) is 7.34. The van der Waals surface area contributed by atoms with E-state index in [1.165, 1.54) is 18.2 Å². The predicted octanol–water partition coefficient (Wildman–Crippen LogP) is 4.92. The summed E-state index contributed by atoms with van der Waals surface area (Å²) >= 11 is 0. The Morgan fingerprint density at radius 2 is 1.33 bits per heavy atom. The molecule has 0 amide bonds. The summed E-state index contributed by atoms with van der Waals surface area (Å²) in [7, 11) is 0. The van der Waals surface area contributed by atoms with Crippen molar-refractivity contribution < 1.29 is 14.6 Å². The summed E-state index contributed by atoms with van der Waals surface area (Å²) in [6, 6.07) is 11.6. The minimum Gasteiger partial charge on any atom is -0.504 e. The molecule has 0 radical (unpaired) electrons. The molecule has 3 heteroatoms. The average molecular weight is 288 g/mol. The van der Waals surface area contributed by atoms with Crippen LogP contribution in [0.2, 0.25) is 0 Å². The largest absolute Gasteiger partial charge is 0.504 e. The summed E-state index contributed by atoms with van der Waals surface area (Å²) in [5.41, 5.74) is 2.09. The molecule has 0 bridgehead atoms. The van der Waals surface area contributed by atoms with E-state index in [0.717, 1.165) is 24.0 Å². The number of hydrogen-bond acceptors (Lipinski definition) is 2. The zero-order valence-electron chi connectivity index (χ0n) is 12.4. The molecule has 0 aliphatic carbocycles. The maximum Gasteiger partial charge on any atom is 0.157 e. The van der Waals surface area contributed by atoms with Crippen LogP contribution in [0.4, 0.5) is 4.39 Å². The van der Waals surface area contributed by atoms with Crippen LogP contribution < -0.4 is 0 Å². The number of rotatable bonds is 5. The van der Waals surface area contributed by atoms with Crippen molar-refractivity contribution in [3.05, 3.63) is 59.4 Å². The topological polar surface area (TPSA) is 40.5 Å². The summed E-state index contributed by atoms with van der Waals surface area (Å²) in [6.07, 6.45) is 1.83. The number of aromatic hydroxyl groups is 2. The van der Waals surface area contributed by atoms with E-state index in [2.05, 4.69) is 13.8 Å². The Balaban J connectivity index is 2.36. The van der Waals surface area contributed by atoms with Crippen molar-refractivity contribution in [2.45, 2.75) is 38.5 Å². The molecule has 0 saturated heterocycles. The van der Waals surface area contributed by atoms with Gasteiger partial charge in [0.1, 0.15) is 5.82 Å². The molecule has 0 aliphatic rings. The van der Waals surface area contributed by atoms with E-state index >= 15 is 0 Å². The first-order chi connectivity index (χ1) is 10.1.